The van der Waals surface area contributed by atoms with Gasteiger partial charge in [-0.15, -0.1) is 0 Å². The summed E-state index contributed by atoms with van der Waals surface area (Å²) in [7, 11) is -1.30. The van der Waals surface area contributed by atoms with Crippen molar-refractivity contribution in [1.29, 1.82) is 0 Å². The van der Waals surface area contributed by atoms with Crippen LogP contribution >= 0.6 is 0 Å². The fraction of sp³-hybridized carbons (Fsp3) is 1.00. The molecule has 1 aliphatic rings. The van der Waals surface area contributed by atoms with Gasteiger partial charge in [0.1, 0.15) is 0 Å². The molecule has 19 heavy (non-hydrogen) atoms. The predicted octanol–water partition coefficient (Wildman–Crippen LogP) is 0.842. The van der Waals surface area contributed by atoms with Crippen LogP contribution in [0.25, 0.3) is 0 Å². The van der Waals surface area contributed by atoms with Crippen LogP contribution in [0.1, 0.15) is 26.7 Å². The normalized spacial score (nSPS) is 24.2. The highest BCUT2D eigenvalue weighted by atomic mass is 32.2. The van der Waals surface area contributed by atoms with Crippen molar-refractivity contribution in [2.75, 3.05) is 45.8 Å². The summed E-state index contributed by atoms with van der Waals surface area (Å²) in [6, 6.07) is 0. The van der Waals surface area contributed by atoms with E-state index in [1.165, 1.54) is 0 Å². The molecule has 0 aromatic carbocycles. The van der Waals surface area contributed by atoms with Crippen molar-refractivity contribution in [3.8, 4) is 0 Å². The average Bonchev–Trinajstić information content (AvgIpc) is 2.82. The molecule has 1 aliphatic heterocycles. The third-order valence-electron chi connectivity index (χ3n) is 3.80. The number of nitrogens with one attached hydrogen (secondary N) is 1. The summed E-state index contributed by atoms with van der Waals surface area (Å²) in [5.41, 5.74) is -0.0320. The minimum absolute atomic E-state index is 0.0320. The molecule has 1 heterocycles. The van der Waals surface area contributed by atoms with Crippen molar-refractivity contribution in [3.05, 3.63) is 0 Å². The van der Waals surface area contributed by atoms with Crippen molar-refractivity contribution in [2.45, 2.75) is 31.9 Å². The van der Waals surface area contributed by atoms with E-state index < -0.39 is 9.84 Å². The highest BCUT2D eigenvalue weighted by Gasteiger charge is 2.36. The molecule has 0 aromatic heterocycles. The number of methoxy groups -OCH3 is 1. The van der Waals surface area contributed by atoms with Crippen LogP contribution in [-0.4, -0.2) is 59.4 Å². The summed E-state index contributed by atoms with van der Waals surface area (Å²) in [6.07, 6.45) is 1.61. The van der Waals surface area contributed by atoms with Crippen molar-refractivity contribution < 1.29 is 17.9 Å². The molecule has 0 aliphatic carbocycles. The van der Waals surface area contributed by atoms with E-state index in [9.17, 15) is 8.42 Å². The largest absolute Gasteiger partial charge is 0.383 e. The van der Waals surface area contributed by atoms with Gasteiger partial charge in [0.15, 0.2) is 9.84 Å². The maximum Gasteiger partial charge on any atom is 0.152 e. The Morgan fingerprint density at radius 2 is 2.16 bits per heavy atom. The Morgan fingerprint density at radius 1 is 1.42 bits per heavy atom. The van der Waals surface area contributed by atoms with Gasteiger partial charge >= 0.3 is 0 Å². The number of ether oxygens (including phenoxy) is 2. The molecule has 0 radical (unpaired) electrons. The fourth-order valence-corrected chi connectivity index (χ4v) is 3.39. The molecule has 1 unspecified atom stereocenters. The first kappa shape index (κ1) is 16.9. The molecule has 0 bridgehead atoms. The van der Waals surface area contributed by atoms with Gasteiger partial charge in [-0.25, -0.2) is 8.42 Å². The van der Waals surface area contributed by atoms with Gasteiger partial charge in [0.25, 0.3) is 0 Å². The lowest BCUT2D eigenvalue weighted by Gasteiger charge is -2.28. The molecule has 6 heteroatoms. The summed E-state index contributed by atoms with van der Waals surface area (Å²) in [5.74, 6) is 0.250. The zero-order valence-electron chi connectivity index (χ0n) is 12.3. The summed E-state index contributed by atoms with van der Waals surface area (Å²) in [6.45, 7) is 7.11. The van der Waals surface area contributed by atoms with Crippen LogP contribution in [0.5, 0.6) is 0 Å². The lowest BCUT2D eigenvalue weighted by atomic mass is 9.84. The van der Waals surface area contributed by atoms with Crippen LogP contribution in [0, 0.1) is 5.41 Å². The molecule has 0 aromatic rings. The first-order valence-corrected chi connectivity index (χ1v) is 8.62. The van der Waals surface area contributed by atoms with Gasteiger partial charge in [0.2, 0.25) is 0 Å². The molecule has 1 N–H and O–H groups in total. The van der Waals surface area contributed by atoms with Crippen LogP contribution in [-0.2, 0) is 19.3 Å². The van der Waals surface area contributed by atoms with Crippen molar-refractivity contribution in [3.63, 3.8) is 0 Å². The number of hydrogen-bond donors (Lipinski definition) is 1. The summed E-state index contributed by atoms with van der Waals surface area (Å²) in [5, 5.41) is 3.04. The van der Waals surface area contributed by atoms with E-state index in [0.29, 0.717) is 19.6 Å². The third-order valence-corrected chi connectivity index (χ3v) is 6.01. The maximum atomic E-state index is 11.9. The summed E-state index contributed by atoms with van der Waals surface area (Å²) in [4.78, 5) is 0. The van der Waals surface area contributed by atoms with E-state index in [1.807, 2.05) is 0 Å². The van der Waals surface area contributed by atoms with Gasteiger partial charge in [-0.1, -0.05) is 0 Å². The van der Waals surface area contributed by atoms with Gasteiger partial charge in [0, 0.05) is 32.2 Å². The van der Waals surface area contributed by atoms with Crippen LogP contribution in [0.15, 0.2) is 0 Å². The Labute approximate surface area is 117 Å². The number of rotatable bonds is 9. The zero-order chi connectivity index (χ0) is 14.4. The van der Waals surface area contributed by atoms with E-state index in [-0.39, 0.29) is 16.4 Å². The van der Waals surface area contributed by atoms with E-state index >= 15 is 0 Å². The van der Waals surface area contributed by atoms with Gasteiger partial charge < -0.3 is 14.8 Å². The van der Waals surface area contributed by atoms with Gasteiger partial charge in [-0.3, -0.25) is 0 Å². The van der Waals surface area contributed by atoms with E-state index in [2.05, 4.69) is 5.32 Å². The van der Waals surface area contributed by atoms with Crippen molar-refractivity contribution in [1.82, 2.24) is 5.32 Å². The Hall–Kier alpha value is -0.170. The molecule has 114 valence electrons. The van der Waals surface area contributed by atoms with Crippen LogP contribution in [0.4, 0.5) is 0 Å². The Morgan fingerprint density at radius 3 is 2.68 bits per heavy atom. The summed E-state index contributed by atoms with van der Waals surface area (Å²) < 4.78 is 34.3. The van der Waals surface area contributed by atoms with Crippen LogP contribution in [0.3, 0.4) is 0 Å². The number of hydrogen-bond acceptors (Lipinski definition) is 5. The minimum Gasteiger partial charge on any atom is -0.383 e. The topological polar surface area (TPSA) is 64.6 Å². The van der Waals surface area contributed by atoms with Crippen molar-refractivity contribution in [2.24, 2.45) is 5.41 Å². The smallest absolute Gasteiger partial charge is 0.152 e. The second-order valence-electron chi connectivity index (χ2n) is 5.64. The molecule has 1 atom stereocenters. The van der Waals surface area contributed by atoms with E-state index in [4.69, 9.17) is 9.47 Å². The van der Waals surface area contributed by atoms with Crippen molar-refractivity contribution >= 4 is 9.84 Å². The first-order valence-electron chi connectivity index (χ1n) is 6.91. The molecule has 0 spiro atoms. The molecule has 1 saturated heterocycles. The molecule has 1 fully saturated rings. The van der Waals surface area contributed by atoms with Gasteiger partial charge in [0.05, 0.1) is 24.2 Å². The second kappa shape index (κ2) is 7.57. The van der Waals surface area contributed by atoms with Gasteiger partial charge in [-0.05, 0) is 26.7 Å². The second-order valence-corrected chi connectivity index (χ2v) is 8.31. The number of sulfone groups is 1. The Balaban J connectivity index is 2.48. The third kappa shape index (κ3) is 5.38. The maximum absolute atomic E-state index is 11.9. The molecule has 1 rings (SSSR count). The quantitative estimate of drug-likeness (QED) is 0.638. The Bertz CT molecular complexity index is 348. The highest BCUT2D eigenvalue weighted by Crippen LogP contribution is 2.32. The molecular weight excluding hydrogens is 266 g/mol. The first-order chi connectivity index (χ1) is 8.92. The monoisotopic (exact) mass is 293 g/mol. The SMILES string of the molecule is COCCNCC1(CCS(=O)(=O)C(C)C)CCOC1. The van der Waals surface area contributed by atoms with Crippen LogP contribution < -0.4 is 5.32 Å². The highest BCUT2D eigenvalue weighted by molar-refractivity contribution is 7.91. The summed E-state index contributed by atoms with van der Waals surface area (Å²) >= 11 is 0. The Kier molecular flexibility index (Phi) is 6.73. The molecular formula is C13H27NO4S. The molecule has 5 nitrogen and oxygen atoms in total. The van der Waals surface area contributed by atoms with E-state index in [0.717, 1.165) is 26.1 Å². The van der Waals surface area contributed by atoms with Crippen LogP contribution in [0.2, 0.25) is 0 Å². The van der Waals surface area contributed by atoms with E-state index in [1.54, 1.807) is 21.0 Å². The average molecular weight is 293 g/mol. The van der Waals surface area contributed by atoms with Gasteiger partial charge in [-0.2, -0.15) is 0 Å². The minimum atomic E-state index is -2.97. The lowest BCUT2D eigenvalue weighted by Crippen LogP contribution is -2.38. The molecule has 0 amide bonds. The predicted molar refractivity (Wildman–Crippen MR) is 76.2 cm³/mol. The fourth-order valence-electron chi connectivity index (χ4n) is 2.20. The lowest BCUT2D eigenvalue weighted by molar-refractivity contribution is 0.143. The molecule has 0 saturated carbocycles. The zero-order valence-corrected chi connectivity index (χ0v) is 13.1. The standard InChI is InChI=1S/C13H27NO4S/c1-12(2)19(15,16)9-5-13(4-7-18-11-13)10-14-6-8-17-3/h12,14H,4-11H2,1-3H3.